The maximum atomic E-state index is 12.4. The van der Waals surface area contributed by atoms with Crippen LogP contribution in [-0.2, 0) is 23.9 Å². The van der Waals surface area contributed by atoms with Crippen LogP contribution in [0, 0.1) is 0 Å². The number of carbonyl (C=O) groups excluding carboxylic acids is 1. The molecule has 0 fully saturated rings. The lowest BCUT2D eigenvalue weighted by Gasteiger charge is -2.08. The molecule has 2 nitrogen and oxygen atoms in total. The summed E-state index contributed by atoms with van der Waals surface area (Å²) in [5.74, 6) is -0.0866. The third-order valence-corrected chi connectivity index (χ3v) is 4.11. The fraction of sp³-hybridized carbons (Fsp3) is 0.312. The van der Waals surface area contributed by atoms with Crippen LogP contribution in [0.5, 0.6) is 0 Å². The molecule has 0 saturated heterocycles. The number of halogens is 3. The van der Waals surface area contributed by atoms with Crippen molar-refractivity contribution in [1.29, 1.82) is 0 Å². The summed E-state index contributed by atoms with van der Waals surface area (Å²) in [4.78, 5) is 12.9. The number of benzene rings is 1. The SMILES string of the molecule is O=C(CCCc1cccs1)NCc1ccc(C(F)(F)F)cc1. The smallest absolute Gasteiger partial charge is 0.352 e. The Bertz CT molecular complexity index is 591. The Morgan fingerprint density at radius 1 is 1.14 bits per heavy atom. The molecule has 6 heteroatoms. The second kappa shape index (κ2) is 7.45. The van der Waals surface area contributed by atoms with Gasteiger partial charge < -0.3 is 5.32 Å². The van der Waals surface area contributed by atoms with E-state index < -0.39 is 11.7 Å². The molecule has 0 saturated carbocycles. The molecule has 0 aliphatic heterocycles. The number of alkyl halides is 3. The number of amides is 1. The zero-order valence-electron chi connectivity index (χ0n) is 11.8. The molecule has 1 aromatic carbocycles. The highest BCUT2D eigenvalue weighted by molar-refractivity contribution is 7.09. The summed E-state index contributed by atoms with van der Waals surface area (Å²) < 4.78 is 37.3. The molecule has 1 aromatic heterocycles. The number of aryl methyl sites for hydroxylation is 1. The molecule has 0 radical (unpaired) electrons. The van der Waals surface area contributed by atoms with Gasteiger partial charge in [0.05, 0.1) is 5.56 Å². The van der Waals surface area contributed by atoms with E-state index in [1.807, 2.05) is 17.5 Å². The van der Waals surface area contributed by atoms with E-state index in [0.717, 1.165) is 25.0 Å². The van der Waals surface area contributed by atoms with Gasteiger partial charge in [-0.15, -0.1) is 11.3 Å². The van der Waals surface area contributed by atoms with E-state index in [4.69, 9.17) is 0 Å². The van der Waals surface area contributed by atoms with Gasteiger partial charge in [0.2, 0.25) is 5.91 Å². The van der Waals surface area contributed by atoms with Gasteiger partial charge in [0, 0.05) is 17.8 Å². The van der Waals surface area contributed by atoms with Crippen molar-refractivity contribution in [2.24, 2.45) is 0 Å². The average molecular weight is 327 g/mol. The van der Waals surface area contributed by atoms with E-state index in [1.165, 1.54) is 17.0 Å². The molecule has 0 aliphatic carbocycles. The summed E-state index contributed by atoms with van der Waals surface area (Å²) in [6, 6.07) is 8.83. The van der Waals surface area contributed by atoms with Crippen molar-refractivity contribution >= 4 is 17.2 Å². The summed E-state index contributed by atoms with van der Waals surface area (Å²) in [6.45, 7) is 0.246. The summed E-state index contributed by atoms with van der Waals surface area (Å²) in [7, 11) is 0. The first kappa shape index (κ1) is 16.5. The van der Waals surface area contributed by atoms with E-state index in [0.29, 0.717) is 12.0 Å². The number of nitrogens with one attached hydrogen (secondary N) is 1. The van der Waals surface area contributed by atoms with Crippen LogP contribution >= 0.6 is 11.3 Å². The van der Waals surface area contributed by atoms with E-state index >= 15 is 0 Å². The number of thiophene rings is 1. The third kappa shape index (κ3) is 5.18. The van der Waals surface area contributed by atoms with E-state index in [9.17, 15) is 18.0 Å². The molecule has 2 aromatic rings. The molecule has 1 N–H and O–H groups in total. The minimum absolute atomic E-state index is 0.0866. The van der Waals surface area contributed by atoms with Crippen molar-refractivity contribution in [3.8, 4) is 0 Å². The van der Waals surface area contributed by atoms with Crippen LogP contribution in [0.3, 0.4) is 0 Å². The van der Waals surface area contributed by atoms with Gasteiger partial charge in [0.15, 0.2) is 0 Å². The van der Waals surface area contributed by atoms with E-state index in [1.54, 1.807) is 11.3 Å². The second-order valence-electron chi connectivity index (χ2n) is 4.90. The summed E-state index contributed by atoms with van der Waals surface area (Å²) >= 11 is 1.66. The predicted octanol–water partition coefficient (Wildman–Crippen LogP) is 4.41. The molecular weight excluding hydrogens is 311 g/mol. The number of hydrogen-bond acceptors (Lipinski definition) is 2. The summed E-state index contributed by atoms with van der Waals surface area (Å²) in [6.07, 6.45) is -2.28. The Morgan fingerprint density at radius 3 is 2.45 bits per heavy atom. The van der Waals surface area contributed by atoms with Crippen molar-refractivity contribution in [2.75, 3.05) is 0 Å². The molecule has 0 atom stereocenters. The molecule has 1 heterocycles. The molecule has 1 amide bonds. The topological polar surface area (TPSA) is 29.1 Å². The van der Waals surface area contributed by atoms with Gasteiger partial charge in [-0.05, 0) is 42.0 Å². The second-order valence-corrected chi connectivity index (χ2v) is 5.94. The first-order valence-electron chi connectivity index (χ1n) is 6.90. The van der Waals surface area contributed by atoms with Crippen LogP contribution in [0.4, 0.5) is 13.2 Å². The highest BCUT2D eigenvalue weighted by atomic mass is 32.1. The lowest BCUT2D eigenvalue weighted by Crippen LogP contribution is -2.22. The monoisotopic (exact) mass is 327 g/mol. The van der Waals surface area contributed by atoms with Gasteiger partial charge in [-0.2, -0.15) is 13.2 Å². The Hall–Kier alpha value is -1.82. The minimum Gasteiger partial charge on any atom is -0.352 e. The van der Waals surface area contributed by atoms with Crippen molar-refractivity contribution in [1.82, 2.24) is 5.32 Å². The molecule has 22 heavy (non-hydrogen) atoms. The molecule has 0 unspecified atom stereocenters. The van der Waals surface area contributed by atoms with Gasteiger partial charge >= 0.3 is 6.18 Å². The van der Waals surface area contributed by atoms with Crippen LogP contribution < -0.4 is 5.32 Å². The fourth-order valence-electron chi connectivity index (χ4n) is 1.98. The third-order valence-electron chi connectivity index (χ3n) is 3.18. The average Bonchev–Trinajstić information content (AvgIpc) is 2.98. The molecule has 118 valence electrons. The maximum Gasteiger partial charge on any atom is 0.416 e. The van der Waals surface area contributed by atoms with Crippen molar-refractivity contribution in [2.45, 2.75) is 32.0 Å². The predicted molar refractivity (Wildman–Crippen MR) is 80.5 cm³/mol. The van der Waals surface area contributed by atoms with Crippen molar-refractivity contribution in [3.05, 3.63) is 57.8 Å². The van der Waals surface area contributed by atoms with Crippen LogP contribution in [0.15, 0.2) is 41.8 Å². The molecule has 2 rings (SSSR count). The Balaban J connectivity index is 1.71. The van der Waals surface area contributed by atoms with Crippen LogP contribution in [0.1, 0.15) is 28.8 Å². The van der Waals surface area contributed by atoms with Crippen LogP contribution in [0.2, 0.25) is 0 Å². The van der Waals surface area contributed by atoms with Crippen molar-refractivity contribution < 1.29 is 18.0 Å². The zero-order chi connectivity index (χ0) is 16.0. The van der Waals surface area contributed by atoms with Crippen LogP contribution in [-0.4, -0.2) is 5.91 Å². The molecule has 0 bridgehead atoms. The normalized spacial score (nSPS) is 11.4. The Morgan fingerprint density at radius 2 is 1.86 bits per heavy atom. The highest BCUT2D eigenvalue weighted by Crippen LogP contribution is 2.29. The number of rotatable bonds is 6. The fourth-order valence-corrected chi connectivity index (χ4v) is 2.73. The van der Waals surface area contributed by atoms with Gasteiger partial charge in [-0.25, -0.2) is 0 Å². The molecule has 0 aliphatic rings. The number of carbonyl (C=O) groups is 1. The van der Waals surface area contributed by atoms with E-state index in [-0.39, 0.29) is 12.5 Å². The van der Waals surface area contributed by atoms with Gasteiger partial charge in [0.25, 0.3) is 0 Å². The summed E-state index contributed by atoms with van der Waals surface area (Å²) in [5, 5.41) is 4.72. The van der Waals surface area contributed by atoms with Gasteiger partial charge in [0.1, 0.15) is 0 Å². The quantitative estimate of drug-likeness (QED) is 0.837. The van der Waals surface area contributed by atoms with Gasteiger partial charge in [-0.1, -0.05) is 18.2 Å². The lowest BCUT2D eigenvalue weighted by atomic mass is 10.1. The molecular formula is C16H16F3NOS. The van der Waals surface area contributed by atoms with E-state index in [2.05, 4.69) is 5.32 Å². The highest BCUT2D eigenvalue weighted by Gasteiger charge is 2.29. The first-order chi connectivity index (χ1) is 10.4. The summed E-state index contributed by atoms with van der Waals surface area (Å²) in [5.41, 5.74) is -0.0295. The Kier molecular flexibility index (Phi) is 5.60. The van der Waals surface area contributed by atoms with Crippen molar-refractivity contribution in [3.63, 3.8) is 0 Å². The molecule has 0 spiro atoms. The van der Waals surface area contributed by atoms with Gasteiger partial charge in [-0.3, -0.25) is 4.79 Å². The maximum absolute atomic E-state index is 12.4. The Labute approximate surface area is 131 Å². The lowest BCUT2D eigenvalue weighted by molar-refractivity contribution is -0.137. The standard InChI is InChI=1S/C16H16F3NOS/c17-16(18,19)13-8-6-12(7-9-13)11-20-15(21)5-1-3-14-4-2-10-22-14/h2,4,6-10H,1,3,5,11H2,(H,20,21). The van der Waals surface area contributed by atoms with Crippen LogP contribution in [0.25, 0.3) is 0 Å². The zero-order valence-corrected chi connectivity index (χ0v) is 12.6. The first-order valence-corrected chi connectivity index (χ1v) is 7.78. The number of hydrogen-bond donors (Lipinski definition) is 1. The largest absolute Gasteiger partial charge is 0.416 e. The minimum atomic E-state index is -4.33.